The lowest BCUT2D eigenvalue weighted by molar-refractivity contribution is -0.123. The van der Waals surface area contributed by atoms with Crippen LogP contribution in [0.4, 0.5) is 5.69 Å². The molecule has 1 unspecified atom stereocenters. The highest BCUT2D eigenvalue weighted by Crippen LogP contribution is 2.48. The molecule has 1 saturated heterocycles. The van der Waals surface area contributed by atoms with Crippen molar-refractivity contribution in [3.63, 3.8) is 0 Å². The number of carbonyl (C=O) groups is 1. The molecule has 3 rings (SSSR count). The zero-order chi connectivity index (χ0) is 14.9. The van der Waals surface area contributed by atoms with E-state index in [1.54, 1.807) is 11.9 Å². The summed E-state index contributed by atoms with van der Waals surface area (Å²) in [5.74, 6) is 0.443. The molecule has 114 valence electrons. The maximum atomic E-state index is 12.3. The summed E-state index contributed by atoms with van der Waals surface area (Å²) in [6, 6.07) is 8.70. The van der Waals surface area contributed by atoms with Gasteiger partial charge in [-0.05, 0) is 49.6 Å². The van der Waals surface area contributed by atoms with Crippen molar-refractivity contribution in [1.82, 2.24) is 4.72 Å². The lowest BCUT2D eigenvalue weighted by Gasteiger charge is -2.31. The minimum Gasteiger partial charge on any atom is -0.312 e. The zero-order valence-corrected chi connectivity index (χ0v) is 13.7. The van der Waals surface area contributed by atoms with Crippen LogP contribution in [-0.2, 0) is 10.2 Å². The first-order chi connectivity index (χ1) is 10.2. The van der Waals surface area contributed by atoms with Gasteiger partial charge in [-0.25, -0.2) is 0 Å². The summed E-state index contributed by atoms with van der Waals surface area (Å²) in [7, 11) is 0. The van der Waals surface area contributed by atoms with E-state index in [9.17, 15) is 4.79 Å². The number of benzene rings is 1. The van der Waals surface area contributed by atoms with Crippen molar-refractivity contribution in [1.29, 1.82) is 0 Å². The van der Waals surface area contributed by atoms with E-state index in [-0.39, 0.29) is 11.8 Å². The molecule has 0 spiro atoms. The Labute approximate surface area is 131 Å². The summed E-state index contributed by atoms with van der Waals surface area (Å²) >= 11 is 1.69. The molecule has 1 aromatic rings. The number of hydrogen-bond acceptors (Lipinski definition) is 3. The molecule has 1 N–H and O–H groups in total. The lowest BCUT2D eigenvalue weighted by atomic mass is 9.95. The number of hydrogen-bond donors (Lipinski definition) is 1. The number of piperidine rings is 1. The standard InChI is InChI=1S/C17H24N2OS/c1-13-4-3-11-19(16(13)20)15-7-5-14(6-8-15)17(9-10-17)12-18-21-2/h5-8,13,18H,3-4,9-12H2,1-2H3. The number of nitrogens with one attached hydrogen (secondary N) is 1. The molecule has 1 heterocycles. The van der Waals surface area contributed by atoms with E-state index in [1.807, 2.05) is 11.8 Å². The summed E-state index contributed by atoms with van der Waals surface area (Å²) < 4.78 is 3.39. The van der Waals surface area contributed by atoms with Crippen LogP contribution in [0.25, 0.3) is 0 Å². The van der Waals surface area contributed by atoms with Gasteiger partial charge in [0.05, 0.1) is 0 Å². The van der Waals surface area contributed by atoms with Gasteiger partial charge in [-0.2, -0.15) is 0 Å². The Morgan fingerprint density at radius 3 is 2.67 bits per heavy atom. The first-order valence-corrected chi connectivity index (χ1v) is 9.06. The van der Waals surface area contributed by atoms with Gasteiger partial charge >= 0.3 is 0 Å². The molecule has 0 radical (unpaired) electrons. The lowest BCUT2D eigenvalue weighted by Crippen LogP contribution is -2.40. The molecule has 4 heteroatoms. The first-order valence-electron chi connectivity index (χ1n) is 7.84. The van der Waals surface area contributed by atoms with Gasteiger partial charge in [-0.15, -0.1) is 0 Å². The van der Waals surface area contributed by atoms with E-state index in [2.05, 4.69) is 35.2 Å². The van der Waals surface area contributed by atoms with E-state index in [0.29, 0.717) is 5.41 Å². The molecule has 0 bridgehead atoms. The second kappa shape index (κ2) is 6.01. The van der Waals surface area contributed by atoms with Crippen LogP contribution >= 0.6 is 11.9 Å². The van der Waals surface area contributed by atoms with E-state index < -0.39 is 0 Å². The van der Waals surface area contributed by atoms with Crippen LogP contribution in [0.2, 0.25) is 0 Å². The quantitative estimate of drug-likeness (QED) is 0.847. The summed E-state index contributed by atoms with van der Waals surface area (Å²) in [5.41, 5.74) is 2.80. The molecular formula is C17H24N2OS. The minimum absolute atomic E-state index is 0.166. The fourth-order valence-corrected chi connectivity index (χ4v) is 3.66. The monoisotopic (exact) mass is 304 g/mol. The molecule has 0 aromatic heterocycles. The maximum Gasteiger partial charge on any atom is 0.229 e. The van der Waals surface area contributed by atoms with Gasteiger partial charge in [0.15, 0.2) is 0 Å². The molecule has 2 aliphatic rings. The summed E-state index contributed by atoms with van der Waals surface area (Å²) in [6.45, 7) is 3.94. The number of carbonyl (C=O) groups excluding carboxylic acids is 1. The second-order valence-corrected chi connectivity index (χ2v) is 7.08. The zero-order valence-electron chi connectivity index (χ0n) is 12.9. The van der Waals surface area contributed by atoms with Crippen LogP contribution in [0.3, 0.4) is 0 Å². The van der Waals surface area contributed by atoms with Gasteiger partial charge in [-0.3, -0.25) is 9.52 Å². The molecule has 1 atom stereocenters. The van der Waals surface area contributed by atoms with Crippen molar-refractivity contribution in [3.05, 3.63) is 29.8 Å². The summed E-state index contributed by atoms with van der Waals surface area (Å²) in [6.07, 6.45) is 6.73. The molecule has 2 fully saturated rings. The van der Waals surface area contributed by atoms with Crippen LogP contribution in [0.15, 0.2) is 24.3 Å². The van der Waals surface area contributed by atoms with Crippen molar-refractivity contribution in [3.8, 4) is 0 Å². The number of amides is 1. The molecule has 1 aromatic carbocycles. The predicted molar refractivity (Wildman–Crippen MR) is 89.6 cm³/mol. The number of anilines is 1. The second-order valence-electron chi connectivity index (χ2n) is 6.39. The average Bonchev–Trinajstić information content (AvgIpc) is 3.29. The van der Waals surface area contributed by atoms with Crippen LogP contribution in [0, 0.1) is 5.92 Å². The third-order valence-electron chi connectivity index (χ3n) is 4.91. The predicted octanol–water partition coefficient (Wildman–Crippen LogP) is 3.35. The molecule has 1 aliphatic carbocycles. The van der Waals surface area contributed by atoms with Crippen molar-refractivity contribution in [2.45, 2.75) is 38.0 Å². The van der Waals surface area contributed by atoms with Crippen molar-refractivity contribution in [2.75, 3.05) is 24.2 Å². The Bertz CT molecular complexity index is 510. The van der Waals surface area contributed by atoms with E-state index in [0.717, 1.165) is 31.6 Å². The van der Waals surface area contributed by atoms with E-state index in [1.165, 1.54) is 18.4 Å². The van der Waals surface area contributed by atoms with Gasteiger partial charge in [0.1, 0.15) is 0 Å². The Morgan fingerprint density at radius 2 is 2.05 bits per heavy atom. The highest BCUT2D eigenvalue weighted by Gasteiger charge is 2.43. The fraction of sp³-hybridized carbons (Fsp3) is 0.588. The SMILES string of the molecule is CSNCC1(c2ccc(N3CCCC(C)C3=O)cc2)CC1. The molecule has 1 aliphatic heterocycles. The average molecular weight is 304 g/mol. The fourth-order valence-electron chi connectivity index (χ4n) is 3.24. The molecule has 1 saturated carbocycles. The highest BCUT2D eigenvalue weighted by molar-refractivity contribution is 7.96. The van der Waals surface area contributed by atoms with Gasteiger partial charge in [0, 0.05) is 30.1 Å². The summed E-state index contributed by atoms with van der Waals surface area (Å²) in [5, 5.41) is 0. The number of rotatable bonds is 5. The van der Waals surface area contributed by atoms with Crippen LogP contribution in [0.1, 0.15) is 38.2 Å². The van der Waals surface area contributed by atoms with Crippen molar-refractivity contribution < 1.29 is 4.79 Å². The molecular weight excluding hydrogens is 280 g/mol. The smallest absolute Gasteiger partial charge is 0.229 e. The van der Waals surface area contributed by atoms with Gasteiger partial charge < -0.3 is 4.90 Å². The Morgan fingerprint density at radius 1 is 1.33 bits per heavy atom. The minimum atomic E-state index is 0.166. The normalized spacial score (nSPS) is 24.2. The van der Waals surface area contributed by atoms with Crippen molar-refractivity contribution in [2.24, 2.45) is 5.92 Å². The van der Waals surface area contributed by atoms with Gasteiger partial charge in [0.2, 0.25) is 5.91 Å². The van der Waals surface area contributed by atoms with Gasteiger partial charge in [-0.1, -0.05) is 31.0 Å². The number of nitrogens with zero attached hydrogens (tertiary/aromatic N) is 1. The topological polar surface area (TPSA) is 32.3 Å². The van der Waals surface area contributed by atoms with E-state index >= 15 is 0 Å². The van der Waals surface area contributed by atoms with Crippen LogP contribution < -0.4 is 9.62 Å². The Kier molecular flexibility index (Phi) is 4.27. The third kappa shape index (κ3) is 2.97. The Hall–Kier alpha value is -1.00. The largest absolute Gasteiger partial charge is 0.312 e. The maximum absolute atomic E-state index is 12.3. The van der Waals surface area contributed by atoms with Crippen molar-refractivity contribution >= 4 is 23.5 Å². The Balaban J connectivity index is 1.74. The molecule has 3 nitrogen and oxygen atoms in total. The highest BCUT2D eigenvalue weighted by atomic mass is 32.2. The summed E-state index contributed by atoms with van der Waals surface area (Å²) in [4.78, 5) is 14.2. The molecule has 21 heavy (non-hydrogen) atoms. The van der Waals surface area contributed by atoms with Crippen LogP contribution in [-0.4, -0.2) is 25.3 Å². The van der Waals surface area contributed by atoms with E-state index in [4.69, 9.17) is 0 Å². The third-order valence-corrected chi connectivity index (χ3v) is 5.34. The first kappa shape index (κ1) is 14.9. The van der Waals surface area contributed by atoms with Gasteiger partial charge in [0.25, 0.3) is 0 Å². The van der Waals surface area contributed by atoms with Crippen LogP contribution in [0.5, 0.6) is 0 Å². The molecule has 1 amide bonds.